The lowest BCUT2D eigenvalue weighted by Crippen LogP contribution is -2.22. The first-order valence-corrected chi connectivity index (χ1v) is 7.52. The molecule has 2 rings (SSSR count). The van der Waals surface area contributed by atoms with E-state index in [2.05, 4.69) is 40.9 Å². The second-order valence-corrected chi connectivity index (χ2v) is 5.55. The number of benzene rings is 1. The van der Waals surface area contributed by atoms with Gasteiger partial charge in [0, 0.05) is 30.1 Å². The fraction of sp³-hybridized carbons (Fsp3) is 0.333. The summed E-state index contributed by atoms with van der Waals surface area (Å²) in [5, 5.41) is 8.37. The minimum absolute atomic E-state index is 0.0568. The Bertz CT molecular complexity index is 568. The summed E-state index contributed by atoms with van der Waals surface area (Å²) in [6, 6.07) is 8.26. The lowest BCUT2D eigenvalue weighted by Gasteiger charge is -2.19. The highest BCUT2D eigenvalue weighted by Gasteiger charge is 2.12. The molecule has 2 N–H and O–H groups in total. The van der Waals surface area contributed by atoms with E-state index >= 15 is 0 Å². The molecule has 0 saturated heterocycles. The molecule has 0 fully saturated rings. The molecule has 0 aliphatic carbocycles. The Morgan fingerprint density at radius 1 is 1.30 bits per heavy atom. The van der Waals surface area contributed by atoms with Gasteiger partial charge in [0.1, 0.15) is 0 Å². The zero-order valence-electron chi connectivity index (χ0n) is 11.9. The molecular formula is C15H19N3OS. The highest BCUT2D eigenvalue weighted by atomic mass is 32.1. The van der Waals surface area contributed by atoms with Gasteiger partial charge in [0.2, 0.25) is 5.91 Å². The Hall–Kier alpha value is -1.72. The summed E-state index contributed by atoms with van der Waals surface area (Å²) in [6.07, 6.45) is 0. The van der Waals surface area contributed by atoms with Crippen molar-refractivity contribution in [2.24, 2.45) is 0 Å². The number of nitrogens with zero attached hydrogens (tertiary/aromatic N) is 1. The van der Waals surface area contributed by atoms with Gasteiger partial charge in [-0.05, 0) is 31.5 Å². The monoisotopic (exact) mass is 289 g/mol. The Balaban J connectivity index is 2.05. The SMILES string of the molecule is CC(=O)Nc1cccc(C(C)NC(C)c2cscn2)c1. The maximum Gasteiger partial charge on any atom is 0.221 e. The third-order valence-corrected chi connectivity index (χ3v) is 3.71. The van der Waals surface area contributed by atoms with E-state index < -0.39 is 0 Å². The Labute approximate surface area is 123 Å². The Morgan fingerprint density at radius 3 is 2.75 bits per heavy atom. The maximum atomic E-state index is 11.1. The zero-order valence-corrected chi connectivity index (χ0v) is 12.7. The molecule has 5 heteroatoms. The number of carbonyl (C=O) groups excluding carboxylic acids is 1. The summed E-state index contributed by atoms with van der Waals surface area (Å²) in [7, 11) is 0. The number of hydrogen-bond acceptors (Lipinski definition) is 4. The molecule has 1 heterocycles. The predicted molar refractivity (Wildman–Crippen MR) is 82.8 cm³/mol. The highest BCUT2D eigenvalue weighted by Crippen LogP contribution is 2.21. The third kappa shape index (κ3) is 3.88. The topological polar surface area (TPSA) is 54.0 Å². The molecule has 0 bridgehead atoms. The van der Waals surface area contributed by atoms with Gasteiger partial charge in [0.15, 0.2) is 0 Å². The summed E-state index contributed by atoms with van der Waals surface area (Å²) >= 11 is 1.60. The van der Waals surface area contributed by atoms with E-state index in [4.69, 9.17) is 0 Å². The molecule has 106 valence electrons. The first-order chi connectivity index (χ1) is 9.56. The van der Waals surface area contributed by atoms with Gasteiger partial charge in [0.05, 0.1) is 11.2 Å². The van der Waals surface area contributed by atoms with Gasteiger partial charge in [-0.15, -0.1) is 11.3 Å². The van der Waals surface area contributed by atoms with Crippen LogP contribution in [0.2, 0.25) is 0 Å². The van der Waals surface area contributed by atoms with Crippen LogP contribution < -0.4 is 10.6 Å². The molecule has 1 amide bonds. The van der Waals surface area contributed by atoms with Crippen LogP contribution in [0.5, 0.6) is 0 Å². The van der Waals surface area contributed by atoms with Crippen molar-refractivity contribution in [1.29, 1.82) is 0 Å². The summed E-state index contributed by atoms with van der Waals surface area (Å²) < 4.78 is 0. The average molecular weight is 289 g/mol. The van der Waals surface area contributed by atoms with E-state index in [1.165, 1.54) is 6.92 Å². The van der Waals surface area contributed by atoms with Crippen LogP contribution in [0.25, 0.3) is 0 Å². The van der Waals surface area contributed by atoms with Crippen molar-refractivity contribution in [3.05, 3.63) is 46.4 Å². The molecule has 0 aliphatic rings. The summed E-state index contributed by atoms with van der Waals surface area (Å²) in [5.41, 5.74) is 4.86. The third-order valence-electron chi connectivity index (χ3n) is 3.10. The minimum atomic E-state index is -0.0568. The largest absolute Gasteiger partial charge is 0.326 e. The van der Waals surface area contributed by atoms with Crippen LogP contribution in [-0.4, -0.2) is 10.9 Å². The molecular weight excluding hydrogens is 270 g/mol. The summed E-state index contributed by atoms with van der Waals surface area (Å²) in [6.45, 7) is 5.72. The van der Waals surface area contributed by atoms with Gasteiger partial charge in [0.25, 0.3) is 0 Å². The zero-order chi connectivity index (χ0) is 14.5. The van der Waals surface area contributed by atoms with Crippen LogP contribution in [0.15, 0.2) is 35.2 Å². The smallest absolute Gasteiger partial charge is 0.221 e. The number of amides is 1. The molecule has 2 aromatic rings. The minimum Gasteiger partial charge on any atom is -0.326 e. The van der Waals surface area contributed by atoms with E-state index in [0.717, 1.165) is 16.9 Å². The van der Waals surface area contributed by atoms with Gasteiger partial charge in [-0.25, -0.2) is 4.98 Å². The van der Waals surface area contributed by atoms with Crippen molar-refractivity contribution in [1.82, 2.24) is 10.3 Å². The Morgan fingerprint density at radius 2 is 2.10 bits per heavy atom. The predicted octanol–water partition coefficient (Wildman–Crippen LogP) is 3.51. The van der Waals surface area contributed by atoms with Crippen molar-refractivity contribution in [3.8, 4) is 0 Å². The number of nitrogens with one attached hydrogen (secondary N) is 2. The van der Waals surface area contributed by atoms with Crippen LogP contribution in [-0.2, 0) is 4.79 Å². The number of carbonyl (C=O) groups is 1. The number of hydrogen-bond donors (Lipinski definition) is 2. The van der Waals surface area contributed by atoms with Crippen molar-refractivity contribution in [3.63, 3.8) is 0 Å². The standard InChI is InChI=1S/C15H19N3OS/c1-10(17-11(2)15-8-20-9-16-15)13-5-4-6-14(7-13)18-12(3)19/h4-11,17H,1-3H3,(H,18,19). The van der Waals surface area contributed by atoms with Crippen LogP contribution in [0.1, 0.15) is 44.1 Å². The number of aromatic nitrogens is 1. The molecule has 0 spiro atoms. The molecule has 2 unspecified atom stereocenters. The average Bonchev–Trinajstić information content (AvgIpc) is 2.92. The quantitative estimate of drug-likeness (QED) is 0.885. The van der Waals surface area contributed by atoms with Crippen LogP contribution in [0.4, 0.5) is 5.69 Å². The molecule has 0 saturated carbocycles. The van der Waals surface area contributed by atoms with E-state index in [0.29, 0.717) is 0 Å². The molecule has 1 aromatic carbocycles. The molecule has 0 aliphatic heterocycles. The highest BCUT2D eigenvalue weighted by molar-refractivity contribution is 7.07. The van der Waals surface area contributed by atoms with E-state index in [1.54, 1.807) is 11.3 Å². The van der Waals surface area contributed by atoms with Crippen LogP contribution in [0.3, 0.4) is 0 Å². The van der Waals surface area contributed by atoms with Crippen molar-refractivity contribution in [2.45, 2.75) is 32.9 Å². The second-order valence-electron chi connectivity index (χ2n) is 4.83. The molecule has 0 radical (unpaired) electrons. The summed E-state index contributed by atoms with van der Waals surface area (Å²) in [4.78, 5) is 15.4. The maximum absolute atomic E-state index is 11.1. The van der Waals surface area contributed by atoms with Gasteiger partial charge >= 0.3 is 0 Å². The van der Waals surface area contributed by atoms with Crippen molar-refractivity contribution in [2.75, 3.05) is 5.32 Å². The molecule has 1 aromatic heterocycles. The second kappa shape index (κ2) is 6.63. The van der Waals surface area contributed by atoms with E-state index in [9.17, 15) is 4.79 Å². The fourth-order valence-corrected chi connectivity index (χ4v) is 2.73. The first-order valence-electron chi connectivity index (χ1n) is 6.58. The molecule has 20 heavy (non-hydrogen) atoms. The number of anilines is 1. The number of rotatable bonds is 5. The normalized spacial score (nSPS) is 13.8. The van der Waals surface area contributed by atoms with E-state index in [1.807, 2.05) is 23.7 Å². The fourth-order valence-electron chi connectivity index (χ4n) is 2.08. The summed E-state index contributed by atoms with van der Waals surface area (Å²) in [5.74, 6) is -0.0568. The van der Waals surface area contributed by atoms with Gasteiger partial charge in [-0.2, -0.15) is 0 Å². The van der Waals surface area contributed by atoms with E-state index in [-0.39, 0.29) is 18.0 Å². The van der Waals surface area contributed by atoms with Crippen LogP contribution in [0, 0.1) is 0 Å². The van der Waals surface area contributed by atoms with Gasteiger partial charge < -0.3 is 10.6 Å². The lowest BCUT2D eigenvalue weighted by atomic mass is 10.1. The van der Waals surface area contributed by atoms with Gasteiger partial charge in [-0.3, -0.25) is 4.79 Å². The molecule has 4 nitrogen and oxygen atoms in total. The molecule has 2 atom stereocenters. The number of thiazole rings is 1. The van der Waals surface area contributed by atoms with Gasteiger partial charge in [-0.1, -0.05) is 12.1 Å². The Kier molecular flexibility index (Phi) is 4.87. The van der Waals surface area contributed by atoms with Crippen molar-refractivity contribution >= 4 is 22.9 Å². The van der Waals surface area contributed by atoms with Crippen molar-refractivity contribution < 1.29 is 4.79 Å². The lowest BCUT2D eigenvalue weighted by molar-refractivity contribution is -0.114. The van der Waals surface area contributed by atoms with Crippen LogP contribution >= 0.6 is 11.3 Å². The first kappa shape index (κ1) is 14.7.